The zero-order chi connectivity index (χ0) is 26.5. The van der Waals surface area contributed by atoms with Gasteiger partial charge in [-0.05, 0) is 35.4 Å². The Morgan fingerprint density at radius 3 is 2.24 bits per heavy atom. The van der Waals surface area contributed by atoms with Crippen molar-refractivity contribution in [2.75, 3.05) is 13.2 Å². The van der Waals surface area contributed by atoms with Crippen LogP contribution in [0.4, 0.5) is 13.2 Å². The van der Waals surface area contributed by atoms with Crippen LogP contribution in [-0.4, -0.2) is 38.9 Å². The first-order chi connectivity index (χ1) is 18.2. The minimum atomic E-state index is -4.42. The van der Waals surface area contributed by atoms with Crippen LogP contribution in [0.25, 0.3) is 11.3 Å². The second kappa shape index (κ2) is 9.11. The molecule has 1 N–H and O–H groups in total. The van der Waals surface area contributed by atoms with Crippen LogP contribution in [0.15, 0.2) is 78.9 Å². The van der Waals surface area contributed by atoms with Crippen molar-refractivity contribution in [1.29, 1.82) is 0 Å². The van der Waals surface area contributed by atoms with Crippen LogP contribution in [-0.2, 0) is 36.1 Å². The second-order valence-corrected chi connectivity index (χ2v) is 9.76. The zero-order valence-corrected chi connectivity index (χ0v) is 20.3. The molecule has 3 aromatic carbocycles. The Bertz CT molecular complexity index is 1480. The fourth-order valence-electron chi connectivity index (χ4n) is 4.95. The maximum Gasteiger partial charge on any atom is 0.416 e. The highest BCUT2D eigenvalue weighted by molar-refractivity contribution is 5.94. The molecule has 9 heteroatoms. The summed E-state index contributed by atoms with van der Waals surface area (Å²) >= 11 is 0. The standard InChI is InChI=1S/C29H24F3N3O3/c30-29(31,32)23-12-6-20(7-13-23)26-24-15-34(16-25(24)35(33-26)14-19-4-2-1-3-5-19)27(36)21-8-10-22(11-9-21)28(37)17-38-18-28/h1-13,37H,14-18H2. The average molecular weight is 520 g/mol. The van der Waals surface area contributed by atoms with Crippen molar-refractivity contribution in [3.05, 3.63) is 112 Å². The Kier molecular flexibility index (Phi) is 5.85. The van der Waals surface area contributed by atoms with Gasteiger partial charge in [-0.25, -0.2) is 0 Å². The molecule has 38 heavy (non-hydrogen) atoms. The summed E-state index contributed by atoms with van der Waals surface area (Å²) in [6.07, 6.45) is -4.42. The van der Waals surface area contributed by atoms with Crippen molar-refractivity contribution in [1.82, 2.24) is 14.7 Å². The molecule has 0 radical (unpaired) electrons. The number of benzene rings is 3. The van der Waals surface area contributed by atoms with Crippen molar-refractivity contribution in [3.8, 4) is 11.3 Å². The van der Waals surface area contributed by atoms with Gasteiger partial charge in [0.15, 0.2) is 0 Å². The molecular formula is C29H24F3N3O3. The quantitative estimate of drug-likeness (QED) is 0.404. The number of aromatic nitrogens is 2. The number of hydrogen-bond donors (Lipinski definition) is 1. The van der Waals surface area contributed by atoms with E-state index in [0.29, 0.717) is 42.0 Å². The molecule has 194 valence electrons. The van der Waals surface area contributed by atoms with Crippen molar-refractivity contribution >= 4 is 5.91 Å². The number of carbonyl (C=O) groups is 1. The van der Waals surface area contributed by atoms with E-state index in [1.54, 1.807) is 29.2 Å². The topological polar surface area (TPSA) is 67.6 Å². The summed E-state index contributed by atoms with van der Waals surface area (Å²) in [5.74, 6) is -0.172. The summed E-state index contributed by atoms with van der Waals surface area (Å²) in [6, 6.07) is 21.6. The SMILES string of the molecule is O=C(c1ccc(C2(O)COC2)cc1)N1Cc2c(-c3ccc(C(F)(F)F)cc3)nn(Cc3ccccc3)c2C1. The van der Waals surface area contributed by atoms with Gasteiger partial charge in [0.25, 0.3) is 5.91 Å². The summed E-state index contributed by atoms with van der Waals surface area (Å²) in [7, 11) is 0. The number of halogens is 3. The van der Waals surface area contributed by atoms with Crippen LogP contribution in [0, 0.1) is 0 Å². The average Bonchev–Trinajstić information content (AvgIpc) is 3.48. The zero-order valence-electron chi connectivity index (χ0n) is 20.3. The summed E-state index contributed by atoms with van der Waals surface area (Å²) in [6.45, 7) is 1.55. The summed E-state index contributed by atoms with van der Waals surface area (Å²) < 4.78 is 46.3. The van der Waals surface area contributed by atoms with E-state index >= 15 is 0 Å². The van der Waals surface area contributed by atoms with E-state index in [1.807, 2.05) is 35.0 Å². The van der Waals surface area contributed by atoms with Crippen molar-refractivity contribution in [3.63, 3.8) is 0 Å². The number of carbonyl (C=O) groups excluding carboxylic acids is 1. The predicted molar refractivity (Wildman–Crippen MR) is 133 cm³/mol. The minimum absolute atomic E-state index is 0.172. The molecule has 1 fully saturated rings. The van der Waals surface area contributed by atoms with E-state index in [9.17, 15) is 23.1 Å². The fraction of sp³-hybridized carbons (Fsp3) is 0.241. The monoisotopic (exact) mass is 519 g/mol. The van der Waals surface area contributed by atoms with E-state index < -0.39 is 17.3 Å². The Balaban J connectivity index is 1.30. The minimum Gasteiger partial charge on any atom is -0.380 e. The van der Waals surface area contributed by atoms with Crippen molar-refractivity contribution < 1.29 is 27.8 Å². The number of rotatable bonds is 5. The van der Waals surface area contributed by atoms with Gasteiger partial charge in [-0.3, -0.25) is 9.48 Å². The molecule has 2 aliphatic rings. The highest BCUT2D eigenvalue weighted by atomic mass is 19.4. The Morgan fingerprint density at radius 2 is 1.63 bits per heavy atom. The number of alkyl halides is 3. The number of hydrogen-bond acceptors (Lipinski definition) is 4. The largest absolute Gasteiger partial charge is 0.416 e. The maximum absolute atomic E-state index is 13.4. The van der Waals surface area contributed by atoms with E-state index in [2.05, 4.69) is 0 Å². The molecule has 6 nitrogen and oxygen atoms in total. The lowest BCUT2D eigenvalue weighted by atomic mass is 9.91. The van der Waals surface area contributed by atoms with Gasteiger partial charge in [-0.1, -0.05) is 54.6 Å². The van der Waals surface area contributed by atoms with Gasteiger partial charge in [0.1, 0.15) is 5.60 Å². The molecule has 0 bridgehead atoms. The van der Waals surface area contributed by atoms with E-state index in [0.717, 1.165) is 29.0 Å². The molecule has 4 aromatic rings. The summed E-state index contributed by atoms with van der Waals surface area (Å²) in [5, 5.41) is 15.2. The number of amides is 1. The van der Waals surface area contributed by atoms with E-state index in [1.165, 1.54) is 12.1 Å². The molecule has 1 saturated heterocycles. The van der Waals surface area contributed by atoms with Crippen LogP contribution in [0.2, 0.25) is 0 Å². The highest BCUT2D eigenvalue weighted by Gasteiger charge is 2.38. The molecule has 3 heterocycles. The van der Waals surface area contributed by atoms with Crippen LogP contribution in [0.1, 0.15) is 38.3 Å². The molecule has 2 aliphatic heterocycles. The molecule has 0 atom stereocenters. The van der Waals surface area contributed by atoms with Crippen LogP contribution in [0.3, 0.4) is 0 Å². The first-order valence-corrected chi connectivity index (χ1v) is 12.2. The number of ether oxygens (including phenoxy) is 1. The molecule has 1 aromatic heterocycles. The van der Waals surface area contributed by atoms with Crippen LogP contribution >= 0.6 is 0 Å². The lowest BCUT2D eigenvalue weighted by Gasteiger charge is -2.36. The first-order valence-electron chi connectivity index (χ1n) is 12.2. The predicted octanol–water partition coefficient (Wildman–Crippen LogP) is 4.99. The van der Waals surface area contributed by atoms with E-state index in [-0.39, 0.29) is 19.1 Å². The van der Waals surface area contributed by atoms with Gasteiger partial charge in [0.05, 0.1) is 49.8 Å². The lowest BCUT2D eigenvalue weighted by Crippen LogP contribution is -2.46. The molecule has 0 spiro atoms. The molecule has 0 aliphatic carbocycles. The number of fused-ring (bicyclic) bond motifs is 1. The van der Waals surface area contributed by atoms with Gasteiger partial charge < -0.3 is 14.7 Å². The van der Waals surface area contributed by atoms with Crippen LogP contribution in [0.5, 0.6) is 0 Å². The van der Waals surface area contributed by atoms with Gasteiger partial charge in [0.2, 0.25) is 0 Å². The Morgan fingerprint density at radius 1 is 0.947 bits per heavy atom. The maximum atomic E-state index is 13.4. The Labute approximate surface area is 216 Å². The lowest BCUT2D eigenvalue weighted by molar-refractivity contribution is -0.184. The summed E-state index contributed by atoms with van der Waals surface area (Å²) in [4.78, 5) is 15.1. The molecule has 1 amide bonds. The normalized spacial score (nSPS) is 16.3. The first kappa shape index (κ1) is 24.4. The second-order valence-electron chi connectivity index (χ2n) is 9.76. The van der Waals surface area contributed by atoms with Gasteiger partial charge >= 0.3 is 6.18 Å². The highest BCUT2D eigenvalue weighted by Crippen LogP contribution is 2.36. The van der Waals surface area contributed by atoms with Gasteiger partial charge in [-0.15, -0.1) is 0 Å². The third-order valence-electron chi connectivity index (χ3n) is 7.16. The van der Waals surface area contributed by atoms with Crippen LogP contribution < -0.4 is 0 Å². The summed E-state index contributed by atoms with van der Waals surface area (Å²) in [5.41, 5.74) is 3.30. The molecule has 0 saturated carbocycles. The third kappa shape index (κ3) is 4.37. The molecule has 6 rings (SSSR count). The molecule has 0 unspecified atom stereocenters. The third-order valence-corrected chi connectivity index (χ3v) is 7.16. The van der Waals surface area contributed by atoms with Crippen molar-refractivity contribution in [2.45, 2.75) is 31.4 Å². The smallest absolute Gasteiger partial charge is 0.380 e. The Hall–Kier alpha value is -3.95. The number of nitrogens with zero attached hydrogens (tertiary/aromatic N) is 3. The number of aliphatic hydroxyl groups is 1. The van der Waals surface area contributed by atoms with E-state index in [4.69, 9.17) is 9.84 Å². The van der Waals surface area contributed by atoms with Gasteiger partial charge in [-0.2, -0.15) is 18.3 Å². The molecular weight excluding hydrogens is 495 g/mol. The van der Waals surface area contributed by atoms with Crippen molar-refractivity contribution in [2.24, 2.45) is 0 Å². The fourth-order valence-corrected chi connectivity index (χ4v) is 4.95. The van der Waals surface area contributed by atoms with Gasteiger partial charge in [0, 0.05) is 16.7 Å².